The summed E-state index contributed by atoms with van der Waals surface area (Å²) in [5.74, 6) is -1.72. The SMILES string of the molecule is COC(=O)c1ccc(F)c(NCC(=O)Nc2ccc(S(C)(=O)=O)cc2)c1. The number of benzene rings is 2. The maximum Gasteiger partial charge on any atom is 0.337 e. The lowest BCUT2D eigenvalue weighted by Gasteiger charge is -2.10. The molecule has 2 rings (SSSR count). The Labute approximate surface area is 150 Å². The molecule has 2 aromatic carbocycles. The fourth-order valence-electron chi connectivity index (χ4n) is 2.07. The van der Waals surface area contributed by atoms with Crippen LogP contribution >= 0.6 is 0 Å². The van der Waals surface area contributed by atoms with E-state index >= 15 is 0 Å². The molecule has 0 atom stereocenters. The molecule has 7 nitrogen and oxygen atoms in total. The highest BCUT2D eigenvalue weighted by molar-refractivity contribution is 7.90. The molecular weight excluding hydrogens is 363 g/mol. The summed E-state index contributed by atoms with van der Waals surface area (Å²) in [7, 11) is -2.11. The van der Waals surface area contributed by atoms with E-state index in [1.54, 1.807) is 0 Å². The Morgan fingerprint density at radius 2 is 1.77 bits per heavy atom. The van der Waals surface area contributed by atoms with Crippen molar-refractivity contribution >= 4 is 33.1 Å². The van der Waals surface area contributed by atoms with E-state index in [2.05, 4.69) is 15.4 Å². The number of nitrogens with one attached hydrogen (secondary N) is 2. The number of carbonyl (C=O) groups is 2. The number of sulfone groups is 1. The largest absolute Gasteiger partial charge is 0.465 e. The second-order valence-electron chi connectivity index (χ2n) is 5.38. The third-order valence-corrected chi connectivity index (χ3v) is 4.52. The van der Waals surface area contributed by atoms with Crippen LogP contribution in [0.4, 0.5) is 15.8 Å². The summed E-state index contributed by atoms with van der Waals surface area (Å²) in [6.07, 6.45) is 1.08. The third kappa shape index (κ3) is 5.03. The van der Waals surface area contributed by atoms with Gasteiger partial charge in [0.25, 0.3) is 0 Å². The molecule has 0 aliphatic heterocycles. The van der Waals surface area contributed by atoms with Crippen LogP contribution < -0.4 is 10.6 Å². The molecule has 1 amide bonds. The van der Waals surface area contributed by atoms with E-state index in [9.17, 15) is 22.4 Å². The van der Waals surface area contributed by atoms with Crippen LogP contribution in [0.2, 0.25) is 0 Å². The van der Waals surface area contributed by atoms with Gasteiger partial charge in [-0.25, -0.2) is 17.6 Å². The summed E-state index contributed by atoms with van der Waals surface area (Å²) in [6.45, 7) is -0.255. The first-order valence-electron chi connectivity index (χ1n) is 7.42. The summed E-state index contributed by atoms with van der Waals surface area (Å²) in [4.78, 5) is 23.5. The van der Waals surface area contributed by atoms with Crippen LogP contribution in [0.3, 0.4) is 0 Å². The fourth-order valence-corrected chi connectivity index (χ4v) is 2.70. The Bertz CT molecular complexity index is 927. The molecule has 0 fully saturated rings. The van der Waals surface area contributed by atoms with Gasteiger partial charge in [-0.05, 0) is 42.5 Å². The van der Waals surface area contributed by atoms with Crippen molar-refractivity contribution in [2.75, 3.05) is 30.5 Å². The summed E-state index contributed by atoms with van der Waals surface area (Å²) in [6, 6.07) is 9.26. The fraction of sp³-hybridized carbons (Fsp3) is 0.176. The number of rotatable bonds is 6. The predicted molar refractivity (Wildman–Crippen MR) is 94.4 cm³/mol. The molecule has 9 heteroatoms. The zero-order valence-electron chi connectivity index (χ0n) is 14.1. The van der Waals surface area contributed by atoms with Crippen LogP contribution in [-0.4, -0.2) is 40.2 Å². The van der Waals surface area contributed by atoms with Crippen molar-refractivity contribution in [2.24, 2.45) is 0 Å². The quantitative estimate of drug-likeness (QED) is 0.744. The van der Waals surface area contributed by atoms with E-state index in [4.69, 9.17) is 0 Å². The number of carbonyl (C=O) groups excluding carboxylic acids is 2. The van der Waals surface area contributed by atoms with E-state index in [-0.39, 0.29) is 22.7 Å². The highest BCUT2D eigenvalue weighted by Crippen LogP contribution is 2.17. The Morgan fingerprint density at radius 1 is 1.12 bits per heavy atom. The maximum absolute atomic E-state index is 13.8. The topological polar surface area (TPSA) is 102 Å². The van der Waals surface area contributed by atoms with Crippen molar-refractivity contribution in [3.63, 3.8) is 0 Å². The van der Waals surface area contributed by atoms with Gasteiger partial charge in [-0.3, -0.25) is 4.79 Å². The van der Waals surface area contributed by atoms with Crippen molar-refractivity contribution < 1.29 is 27.1 Å². The van der Waals surface area contributed by atoms with Gasteiger partial charge in [0.1, 0.15) is 5.82 Å². The van der Waals surface area contributed by atoms with Crippen molar-refractivity contribution in [3.05, 3.63) is 53.8 Å². The predicted octanol–water partition coefficient (Wildman–Crippen LogP) is 2.07. The summed E-state index contributed by atoms with van der Waals surface area (Å²) in [5, 5.41) is 5.15. The van der Waals surface area contributed by atoms with Crippen LogP contribution in [0.25, 0.3) is 0 Å². The lowest BCUT2D eigenvalue weighted by molar-refractivity contribution is -0.114. The molecule has 0 aliphatic rings. The van der Waals surface area contributed by atoms with Crippen LogP contribution in [0.5, 0.6) is 0 Å². The Balaban J connectivity index is 2.00. The molecule has 0 unspecified atom stereocenters. The number of hydrogen-bond acceptors (Lipinski definition) is 6. The number of ether oxygens (including phenoxy) is 1. The van der Waals surface area contributed by atoms with E-state index in [1.807, 2.05) is 0 Å². The average Bonchev–Trinajstić information content (AvgIpc) is 2.60. The second kappa shape index (κ2) is 7.96. The number of anilines is 2. The van der Waals surface area contributed by atoms with Gasteiger partial charge in [0.15, 0.2) is 9.84 Å². The van der Waals surface area contributed by atoms with Crippen LogP contribution in [0.15, 0.2) is 47.4 Å². The first-order chi connectivity index (χ1) is 12.2. The third-order valence-electron chi connectivity index (χ3n) is 3.39. The van der Waals surface area contributed by atoms with Gasteiger partial charge in [-0.15, -0.1) is 0 Å². The van der Waals surface area contributed by atoms with Crippen LogP contribution in [0, 0.1) is 5.82 Å². The molecule has 0 bridgehead atoms. The molecular formula is C17H17FN2O5S. The van der Waals surface area contributed by atoms with Gasteiger partial charge in [-0.2, -0.15) is 0 Å². The molecule has 0 radical (unpaired) electrons. The molecule has 0 saturated heterocycles. The van der Waals surface area contributed by atoms with Gasteiger partial charge in [0.2, 0.25) is 5.91 Å². The van der Waals surface area contributed by atoms with Crippen LogP contribution in [0.1, 0.15) is 10.4 Å². The minimum atomic E-state index is -3.32. The average molecular weight is 380 g/mol. The number of halogens is 1. The standard InChI is InChI=1S/C17H17FN2O5S/c1-25-17(22)11-3-8-14(18)15(9-11)19-10-16(21)20-12-4-6-13(7-5-12)26(2,23)24/h3-9,19H,10H2,1-2H3,(H,20,21). The minimum absolute atomic E-state index is 0.0181. The monoisotopic (exact) mass is 380 g/mol. The molecule has 138 valence electrons. The molecule has 0 heterocycles. The van der Waals surface area contributed by atoms with Crippen molar-refractivity contribution in [2.45, 2.75) is 4.90 Å². The number of methoxy groups -OCH3 is 1. The minimum Gasteiger partial charge on any atom is -0.465 e. The summed E-state index contributed by atoms with van der Waals surface area (Å²) < 4.78 is 41.1. The van der Waals surface area contributed by atoms with E-state index in [0.717, 1.165) is 12.3 Å². The molecule has 0 spiro atoms. The van der Waals surface area contributed by atoms with E-state index in [1.165, 1.54) is 43.5 Å². The van der Waals surface area contributed by atoms with E-state index < -0.39 is 27.5 Å². The highest BCUT2D eigenvalue weighted by Gasteiger charge is 2.11. The molecule has 2 N–H and O–H groups in total. The van der Waals surface area contributed by atoms with Gasteiger partial charge in [-0.1, -0.05) is 0 Å². The van der Waals surface area contributed by atoms with Crippen molar-refractivity contribution in [1.82, 2.24) is 0 Å². The van der Waals surface area contributed by atoms with Crippen molar-refractivity contribution in [1.29, 1.82) is 0 Å². The number of hydrogen-bond donors (Lipinski definition) is 2. The lowest BCUT2D eigenvalue weighted by Crippen LogP contribution is -2.22. The molecule has 26 heavy (non-hydrogen) atoms. The smallest absolute Gasteiger partial charge is 0.337 e. The van der Waals surface area contributed by atoms with Gasteiger partial charge in [0, 0.05) is 11.9 Å². The van der Waals surface area contributed by atoms with Gasteiger partial charge >= 0.3 is 5.97 Å². The zero-order valence-corrected chi connectivity index (χ0v) is 14.9. The number of amides is 1. The Kier molecular flexibility index (Phi) is 5.93. The lowest BCUT2D eigenvalue weighted by atomic mass is 10.2. The molecule has 2 aromatic rings. The first kappa shape index (κ1) is 19.4. The summed E-state index contributed by atoms with van der Waals surface area (Å²) in [5.41, 5.74) is 0.525. The first-order valence-corrected chi connectivity index (χ1v) is 9.31. The molecule has 0 aromatic heterocycles. The van der Waals surface area contributed by atoms with Crippen LogP contribution in [-0.2, 0) is 19.4 Å². The number of esters is 1. The summed E-state index contributed by atoms with van der Waals surface area (Å²) >= 11 is 0. The van der Waals surface area contributed by atoms with E-state index in [0.29, 0.717) is 5.69 Å². The normalized spacial score (nSPS) is 10.9. The van der Waals surface area contributed by atoms with Gasteiger partial charge in [0.05, 0.1) is 29.8 Å². The van der Waals surface area contributed by atoms with Crippen molar-refractivity contribution in [3.8, 4) is 0 Å². The highest BCUT2D eigenvalue weighted by atomic mass is 32.2. The van der Waals surface area contributed by atoms with Gasteiger partial charge < -0.3 is 15.4 Å². The molecule has 0 aliphatic carbocycles. The second-order valence-corrected chi connectivity index (χ2v) is 7.40. The maximum atomic E-state index is 13.8. The Morgan fingerprint density at radius 3 is 2.35 bits per heavy atom. The Hall–Kier alpha value is -2.94. The molecule has 0 saturated carbocycles. The zero-order chi connectivity index (χ0) is 19.3.